The average molecular weight is 203 g/mol. The molecule has 1 aromatic rings. The van der Waals surface area contributed by atoms with Crippen molar-refractivity contribution in [3.05, 3.63) is 45.8 Å². The van der Waals surface area contributed by atoms with Gasteiger partial charge >= 0.3 is 0 Å². The Morgan fingerprint density at radius 3 is 3.07 bits per heavy atom. The molecule has 0 spiro atoms. The van der Waals surface area contributed by atoms with Crippen molar-refractivity contribution in [2.24, 2.45) is 5.11 Å². The van der Waals surface area contributed by atoms with Gasteiger partial charge in [0.1, 0.15) is 0 Å². The van der Waals surface area contributed by atoms with Gasteiger partial charge in [0, 0.05) is 4.91 Å². The van der Waals surface area contributed by atoms with E-state index in [4.69, 9.17) is 5.53 Å². The second-order valence-corrected chi connectivity index (χ2v) is 3.80. The number of rotatable bonds is 3. The van der Waals surface area contributed by atoms with Crippen LogP contribution >= 0.6 is 0 Å². The highest BCUT2D eigenvalue weighted by molar-refractivity contribution is 5.36. The molecule has 2 atom stereocenters. The molecule has 0 saturated heterocycles. The van der Waals surface area contributed by atoms with Gasteiger partial charge in [0.05, 0.1) is 12.6 Å². The van der Waals surface area contributed by atoms with Gasteiger partial charge in [-0.15, -0.1) is 0 Å². The third-order valence-electron chi connectivity index (χ3n) is 3.03. The second kappa shape index (κ2) is 4.34. The molecule has 0 fully saturated rings. The van der Waals surface area contributed by atoms with Crippen molar-refractivity contribution in [3.63, 3.8) is 0 Å². The summed E-state index contributed by atoms with van der Waals surface area (Å²) in [6.07, 6.45) is 1.97. The van der Waals surface area contributed by atoms with Crippen LogP contribution in [0.2, 0.25) is 0 Å². The average Bonchev–Trinajstić information content (AvgIpc) is 2.70. The van der Waals surface area contributed by atoms with Crippen LogP contribution in [0, 0.1) is 0 Å². The smallest absolute Gasteiger partial charge is 0.0674 e. The van der Waals surface area contributed by atoms with E-state index in [0.717, 1.165) is 12.8 Å². The third-order valence-corrected chi connectivity index (χ3v) is 3.03. The minimum atomic E-state index is -0.321. The highest BCUT2D eigenvalue weighted by Crippen LogP contribution is 2.36. The summed E-state index contributed by atoms with van der Waals surface area (Å²) >= 11 is 0. The Balaban J connectivity index is 2.29. The Bertz CT molecular complexity index is 399. The number of benzene rings is 1. The molecule has 0 saturated carbocycles. The number of hydrogen-bond acceptors (Lipinski definition) is 2. The lowest BCUT2D eigenvalue weighted by Crippen LogP contribution is -2.18. The predicted octanol–water partition coefficient (Wildman–Crippen LogP) is 2.39. The van der Waals surface area contributed by atoms with E-state index in [1.54, 1.807) is 0 Å². The predicted molar refractivity (Wildman–Crippen MR) is 57.5 cm³/mol. The van der Waals surface area contributed by atoms with Crippen LogP contribution in [-0.2, 0) is 6.42 Å². The van der Waals surface area contributed by atoms with E-state index in [1.807, 2.05) is 12.1 Å². The van der Waals surface area contributed by atoms with Gasteiger partial charge in [0.2, 0.25) is 0 Å². The van der Waals surface area contributed by atoms with Crippen molar-refractivity contribution < 1.29 is 5.11 Å². The van der Waals surface area contributed by atoms with E-state index in [9.17, 15) is 5.11 Å². The molecule has 0 radical (unpaired) electrons. The molecule has 1 aliphatic rings. The van der Waals surface area contributed by atoms with Gasteiger partial charge in [-0.2, -0.15) is 0 Å². The van der Waals surface area contributed by atoms with Crippen molar-refractivity contribution in [3.8, 4) is 0 Å². The molecule has 1 N–H and O–H groups in total. The van der Waals surface area contributed by atoms with E-state index >= 15 is 0 Å². The molecule has 0 heterocycles. The molecule has 0 aliphatic heterocycles. The molecule has 2 unspecified atom stereocenters. The Hall–Kier alpha value is -1.51. The maximum atomic E-state index is 9.18. The van der Waals surface area contributed by atoms with Gasteiger partial charge < -0.3 is 5.11 Å². The highest BCUT2D eigenvalue weighted by Gasteiger charge is 2.28. The summed E-state index contributed by atoms with van der Waals surface area (Å²) in [5.41, 5.74) is 11.0. The SMILES string of the molecule is [N-]=[N+]=NC(CO)C1CCc2ccccc21. The van der Waals surface area contributed by atoms with Crippen LogP contribution in [0.1, 0.15) is 23.5 Å². The lowest BCUT2D eigenvalue weighted by Gasteiger charge is -2.17. The van der Waals surface area contributed by atoms with Gasteiger partial charge in [0.15, 0.2) is 0 Å². The van der Waals surface area contributed by atoms with E-state index in [-0.39, 0.29) is 18.6 Å². The molecule has 15 heavy (non-hydrogen) atoms. The molecule has 4 heteroatoms. The van der Waals surface area contributed by atoms with Crippen molar-refractivity contribution in [1.82, 2.24) is 0 Å². The van der Waals surface area contributed by atoms with Crippen LogP contribution in [0.3, 0.4) is 0 Å². The Kier molecular flexibility index (Phi) is 2.90. The third kappa shape index (κ3) is 1.82. The first-order chi connectivity index (χ1) is 7.36. The van der Waals surface area contributed by atoms with Gasteiger partial charge in [-0.25, -0.2) is 0 Å². The van der Waals surface area contributed by atoms with Gasteiger partial charge in [-0.05, 0) is 35.4 Å². The summed E-state index contributed by atoms with van der Waals surface area (Å²) in [5, 5.41) is 12.8. The van der Waals surface area contributed by atoms with Gasteiger partial charge in [-0.1, -0.05) is 29.4 Å². The van der Waals surface area contributed by atoms with Crippen molar-refractivity contribution in [2.75, 3.05) is 6.61 Å². The fourth-order valence-electron chi connectivity index (χ4n) is 2.30. The zero-order valence-corrected chi connectivity index (χ0v) is 8.37. The zero-order chi connectivity index (χ0) is 10.7. The second-order valence-electron chi connectivity index (χ2n) is 3.80. The highest BCUT2D eigenvalue weighted by atomic mass is 16.3. The summed E-state index contributed by atoms with van der Waals surface area (Å²) in [4.78, 5) is 2.79. The largest absolute Gasteiger partial charge is 0.396 e. The Morgan fingerprint density at radius 1 is 1.53 bits per heavy atom. The topological polar surface area (TPSA) is 69.0 Å². The van der Waals surface area contributed by atoms with E-state index in [2.05, 4.69) is 22.2 Å². The molecule has 4 nitrogen and oxygen atoms in total. The van der Waals surface area contributed by atoms with Crippen molar-refractivity contribution >= 4 is 0 Å². The summed E-state index contributed by atoms with van der Waals surface area (Å²) in [7, 11) is 0. The number of azide groups is 1. The van der Waals surface area contributed by atoms with Crippen LogP contribution < -0.4 is 0 Å². The van der Waals surface area contributed by atoms with Crippen molar-refractivity contribution in [1.29, 1.82) is 0 Å². The van der Waals surface area contributed by atoms with Crippen LogP contribution in [0.25, 0.3) is 10.4 Å². The molecule has 1 aliphatic carbocycles. The fourth-order valence-corrected chi connectivity index (χ4v) is 2.30. The molecule has 78 valence electrons. The minimum Gasteiger partial charge on any atom is -0.396 e. The Labute approximate surface area is 88.2 Å². The zero-order valence-electron chi connectivity index (χ0n) is 8.37. The van der Waals surface area contributed by atoms with E-state index < -0.39 is 0 Å². The summed E-state index contributed by atoms with van der Waals surface area (Å²) in [6.45, 7) is -0.0803. The number of aliphatic hydroxyl groups excluding tert-OH is 1. The van der Waals surface area contributed by atoms with Crippen LogP contribution in [0.15, 0.2) is 29.4 Å². The number of nitrogens with zero attached hydrogens (tertiary/aromatic N) is 3. The Morgan fingerprint density at radius 2 is 2.33 bits per heavy atom. The van der Waals surface area contributed by atoms with Gasteiger partial charge in [-0.3, -0.25) is 0 Å². The van der Waals surface area contributed by atoms with Crippen LogP contribution in [-0.4, -0.2) is 17.8 Å². The summed E-state index contributed by atoms with van der Waals surface area (Å²) in [6, 6.07) is 7.84. The number of aliphatic hydroxyl groups is 1. The first-order valence-electron chi connectivity index (χ1n) is 5.09. The first-order valence-corrected chi connectivity index (χ1v) is 5.09. The molecule has 0 aromatic heterocycles. The fraction of sp³-hybridized carbons (Fsp3) is 0.455. The molecule has 1 aromatic carbocycles. The molecular weight excluding hydrogens is 190 g/mol. The molecule has 2 rings (SSSR count). The molecule has 0 amide bonds. The minimum absolute atomic E-state index is 0.0803. The standard InChI is InChI=1S/C11H13N3O/c12-14-13-11(7-15)10-6-5-8-3-1-2-4-9(8)10/h1-4,10-11,15H,5-7H2. The summed E-state index contributed by atoms with van der Waals surface area (Å²) in [5.74, 6) is 0.182. The lowest BCUT2D eigenvalue weighted by molar-refractivity contribution is 0.248. The number of fused-ring (bicyclic) bond motifs is 1. The summed E-state index contributed by atoms with van der Waals surface area (Å²) < 4.78 is 0. The molecule has 0 bridgehead atoms. The van der Waals surface area contributed by atoms with E-state index in [1.165, 1.54) is 11.1 Å². The van der Waals surface area contributed by atoms with Gasteiger partial charge in [0.25, 0.3) is 0 Å². The maximum absolute atomic E-state index is 9.18. The quantitative estimate of drug-likeness (QED) is 0.457. The number of hydrogen-bond donors (Lipinski definition) is 1. The number of aryl methyl sites for hydroxylation is 1. The lowest BCUT2D eigenvalue weighted by atomic mass is 9.94. The normalized spacial score (nSPS) is 20.5. The van der Waals surface area contributed by atoms with Crippen molar-refractivity contribution in [2.45, 2.75) is 24.8 Å². The van der Waals surface area contributed by atoms with E-state index in [0.29, 0.717) is 0 Å². The van der Waals surface area contributed by atoms with Crippen LogP contribution in [0.5, 0.6) is 0 Å². The molecular formula is C11H13N3O. The maximum Gasteiger partial charge on any atom is 0.0674 e. The first kappa shape index (κ1) is 10.0. The monoisotopic (exact) mass is 203 g/mol. The van der Waals surface area contributed by atoms with Crippen LogP contribution in [0.4, 0.5) is 0 Å².